The molecular weight excluding hydrogens is 206 g/mol. The zero-order valence-corrected chi connectivity index (χ0v) is 9.98. The zero-order chi connectivity index (χ0) is 12.0. The van der Waals surface area contributed by atoms with Gasteiger partial charge in [0.15, 0.2) is 0 Å². The van der Waals surface area contributed by atoms with Gasteiger partial charge in [-0.1, -0.05) is 0 Å². The van der Waals surface area contributed by atoms with E-state index in [-0.39, 0.29) is 11.9 Å². The number of ether oxygens (including phenoxy) is 1. The molecule has 0 spiro atoms. The zero-order valence-electron chi connectivity index (χ0n) is 9.98. The van der Waals surface area contributed by atoms with Crippen molar-refractivity contribution in [1.82, 2.24) is 9.80 Å². The minimum Gasteiger partial charge on any atom is -0.383 e. The molecule has 5 heteroatoms. The lowest BCUT2D eigenvalue weighted by atomic mass is 10.2. The highest BCUT2D eigenvalue weighted by molar-refractivity contribution is 5.83. The molecule has 0 saturated carbocycles. The average Bonchev–Trinajstić information content (AvgIpc) is 2.61. The second-order valence-electron chi connectivity index (χ2n) is 4.00. The van der Waals surface area contributed by atoms with Crippen LogP contribution in [0.1, 0.15) is 12.8 Å². The highest BCUT2D eigenvalue weighted by atomic mass is 16.5. The molecule has 1 rings (SSSR count). The maximum Gasteiger partial charge on any atom is 0.239 e. The molecule has 1 atom stereocenters. The van der Waals surface area contributed by atoms with Crippen LogP contribution in [0.3, 0.4) is 0 Å². The van der Waals surface area contributed by atoms with E-state index in [1.807, 2.05) is 7.05 Å². The number of hydrogen-bond acceptors (Lipinski definition) is 4. The number of amides is 1. The van der Waals surface area contributed by atoms with Gasteiger partial charge in [-0.3, -0.25) is 9.69 Å². The number of carbonyl (C=O) groups excluding carboxylic acids is 1. The standard InChI is InChI=1S/C11H19N3O2/c1-13-7-4-10(11(13)15)14(6-3-5-12)8-9-16-2/h10H,3-4,6-9H2,1-2H3. The summed E-state index contributed by atoms with van der Waals surface area (Å²) in [6, 6.07) is 2.06. The molecule has 0 radical (unpaired) electrons. The highest BCUT2D eigenvalue weighted by Gasteiger charge is 2.33. The molecule has 1 aliphatic rings. The maximum absolute atomic E-state index is 11.8. The summed E-state index contributed by atoms with van der Waals surface area (Å²) in [6.45, 7) is 2.75. The van der Waals surface area contributed by atoms with Crippen LogP contribution in [0.25, 0.3) is 0 Å². The van der Waals surface area contributed by atoms with Gasteiger partial charge in [0.1, 0.15) is 0 Å². The largest absolute Gasteiger partial charge is 0.383 e. The third kappa shape index (κ3) is 3.19. The van der Waals surface area contributed by atoms with Gasteiger partial charge >= 0.3 is 0 Å². The van der Waals surface area contributed by atoms with E-state index in [1.165, 1.54) is 0 Å². The summed E-state index contributed by atoms with van der Waals surface area (Å²) in [6.07, 6.45) is 1.31. The molecule has 0 aromatic carbocycles. The van der Waals surface area contributed by atoms with Crippen molar-refractivity contribution in [2.45, 2.75) is 18.9 Å². The number of nitriles is 1. The van der Waals surface area contributed by atoms with E-state index in [2.05, 4.69) is 11.0 Å². The average molecular weight is 225 g/mol. The minimum absolute atomic E-state index is 0.0616. The Morgan fingerprint density at radius 1 is 1.62 bits per heavy atom. The summed E-state index contributed by atoms with van der Waals surface area (Å²) in [4.78, 5) is 15.6. The number of nitrogens with zero attached hydrogens (tertiary/aromatic N) is 3. The van der Waals surface area contributed by atoms with Crippen LogP contribution in [-0.4, -0.2) is 62.1 Å². The molecule has 0 aromatic rings. The molecule has 1 heterocycles. The van der Waals surface area contributed by atoms with Gasteiger partial charge in [0.05, 0.1) is 18.7 Å². The van der Waals surface area contributed by atoms with Crippen molar-refractivity contribution in [3.63, 3.8) is 0 Å². The Kier molecular flexibility index (Phi) is 5.23. The van der Waals surface area contributed by atoms with E-state index in [0.717, 1.165) is 13.0 Å². The van der Waals surface area contributed by atoms with Gasteiger partial charge in [-0.05, 0) is 6.42 Å². The maximum atomic E-state index is 11.8. The Hall–Kier alpha value is -1.12. The fourth-order valence-electron chi connectivity index (χ4n) is 1.97. The summed E-state index contributed by atoms with van der Waals surface area (Å²) in [5.41, 5.74) is 0. The number of likely N-dealkylation sites (N-methyl/N-ethyl adjacent to an activating group) is 1. The summed E-state index contributed by atoms with van der Waals surface area (Å²) in [7, 11) is 3.46. The van der Waals surface area contributed by atoms with E-state index in [9.17, 15) is 4.79 Å². The van der Waals surface area contributed by atoms with Crippen molar-refractivity contribution >= 4 is 5.91 Å². The SMILES string of the molecule is COCCN(CCC#N)C1CCN(C)C1=O. The van der Waals surface area contributed by atoms with E-state index >= 15 is 0 Å². The lowest BCUT2D eigenvalue weighted by Crippen LogP contribution is -2.43. The smallest absolute Gasteiger partial charge is 0.239 e. The lowest BCUT2D eigenvalue weighted by Gasteiger charge is -2.26. The molecule has 1 unspecified atom stereocenters. The molecule has 16 heavy (non-hydrogen) atoms. The summed E-state index contributed by atoms with van der Waals surface area (Å²) < 4.78 is 5.02. The Labute approximate surface area is 96.6 Å². The van der Waals surface area contributed by atoms with Gasteiger partial charge < -0.3 is 9.64 Å². The monoisotopic (exact) mass is 225 g/mol. The molecule has 5 nitrogen and oxygen atoms in total. The van der Waals surface area contributed by atoms with Crippen LogP contribution in [0.15, 0.2) is 0 Å². The van der Waals surface area contributed by atoms with Crippen LogP contribution in [-0.2, 0) is 9.53 Å². The predicted molar refractivity (Wildman–Crippen MR) is 59.7 cm³/mol. The van der Waals surface area contributed by atoms with Crippen LogP contribution in [0.5, 0.6) is 0 Å². The number of rotatable bonds is 6. The Bertz CT molecular complexity index is 275. The molecule has 0 N–H and O–H groups in total. The minimum atomic E-state index is -0.0616. The molecule has 1 amide bonds. The van der Waals surface area contributed by atoms with Gasteiger partial charge in [0.2, 0.25) is 5.91 Å². The number of hydrogen-bond donors (Lipinski definition) is 0. The Morgan fingerprint density at radius 2 is 2.38 bits per heavy atom. The molecule has 1 fully saturated rings. The first-order chi connectivity index (χ1) is 7.70. The second kappa shape index (κ2) is 6.46. The second-order valence-corrected chi connectivity index (χ2v) is 4.00. The van der Waals surface area contributed by atoms with Crippen molar-refractivity contribution < 1.29 is 9.53 Å². The number of methoxy groups -OCH3 is 1. The van der Waals surface area contributed by atoms with Gasteiger partial charge in [0.25, 0.3) is 0 Å². The van der Waals surface area contributed by atoms with E-state index in [1.54, 1.807) is 12.0 Å². The van der Waals surface area contributed by atoms with E-state index < -0.39 is 0 Å². The molecule has 0 aliphatic carbocycles. The van der Waals surface area contributed by atoms with Gasteiger partial charge in [-0.15, -0.1) is 0 Å². The van der Waals surface area contributed by atoms with Crippen LogP contribution in [0, 0.1) is 11.3 Å². The third-order valence-corrected chi connectivity index (χ3v) is 2.93. The van der Waals surface area contributed by atoms with Gasteiger partial charge in [0, 0.05) is 40.2 Å². The quantitative estimate of drug-likeness (QED) is 0.642. The first-order valence-corrected chi connectivity index (χ1v) is 5.55. The lowest BCUT2D eigenvalue weighted by molar-refractivity contribution is -0.131. The molecule has 0 bridgehead atoms. The molecule has 0 aromatic heterocycles. The fourth-order valence-corrected chi connectivity index (χ4v) is 1.97. The van der Waals surface area contributed by atoms with Crippen molar-refractivity contribution in [2.24, 2.45) is 0 Å². The van der Waals surface area contributed by atoms with Crippen molar-refractivity contribution in [3.05, 3.63) is 0 Å². The Balaban J connectivity index is 2.54. The molecule has 1 aliphatic heterocycles. The van der Waals surface area contributed by atoms with Crippen molar-refractivity contribution in [1.29, 1.82) is 5.26 Å². The summed E-state index contributed by atoms with van der Waals surface area (Å²) in [5.74, 6) is 0.161. The summed E-state index contributed by atoms with van der Waals surface area (Å²) >= 11 is 0. The first-order valence-electron chi connectivity index (χ1n) is 5.55. The third-order valence-electron chi connectivity index (χ3n) is 2.93. The van der Waals surface area contributed by atoms with Crippen LogP contribution in [0.2, 0.25) is 0 Å². The highest BCUT2D eigenvalue weighted by Crippen LogP contribution is 2.15. The molecular formula is C11H19N3O2. The Morgan fingerprint density at radius 3 is 2.88 bits per heavy atom. The number of likely N-dealkylation sites (tertiary alicyclic amines) is 1. The van der Waals surface area contributed by atoms with Crippen molar-refractivity contribution in [3.8, 4) is 6.07 Å². The molecule has 1 saturated heterocycles. The number of carbonyl (C=O) groups is 1. The van der Waals surface area contributed by atoms with Gasteiger partial charge in [-0.25, -0.2) is 0 Å². The van der Waals surface area contributed by atoms with Crippen molar-refractivity contribution in [2.75, 3.05) is 40.4 Å². The van der Waals surface area contributed by atoms with E-state index in [0.29, 0.717) is 26.1 Å². The normalized spacial score (nSPS) is 20.5. The fraction of sp³-hybridized carbons (Fsp3) is 0.818. The van der Waals surface area contributed by atoms with Crippen LogP contribution >= 0.6 is 0 Å². The van der Waals surface area contributed by atoms with Crippen LogP contribution < -0.4 is 0 Å². The van der Waals surface area contributed by atoms with Crippen LogP contribution in [0.4, 0.5) is 0 Å². The first kappa shape index (κ1) is 12.9. The summed E-state index contributed by atoms with van der Waals surface area (Å²) in [5, 5.41) is 8.60. The predicted octanol–water partition coefficient (Wildman–Crippen LogP) is 0.0792. The van der Waals surface area contributed by atoms with Gasteiger partial charge in [-0.2, -0.15) is 5.26 Å². The molecule has 90 valence electrons. The topological polar surface area (TPSA) is 56.6 Å². The van der Waals surface area contributed by atoms with E-state index in [4.69, 9.17) is 10.00 Å².